The van der Waals surface area contributed by atoms with Gasteiger partial charge in [0.15, 0.2) is 12.2 Å². The zero-order valence-corrected chi connectivity index (χ0v) is 25.9. The van der Waals surface area contributed by atoms with Gasteiger partial charge in [-0.15, -0.1) is 0 Å². The van der Waals surface area contributed by atoms with Crippen LogP contribution in [0.1, 0.15) is 60.5 Å². The van der Waals surface area contributed by atoms with Crippen LogP contribution in [0.25, 0.3) is 6.08 Å². The Hall–Kier alpha value is -3.77. The lowest BCUT2D eigenvalue weighted by Gasteiger charge is -2.64. The molecule has 12 nitrogen and oxygen atoms in total. The van der Waals surface area contributed by atoms with E-state index in [0.29, 0.717) is 5.56 Å². The van der Waals surface area contributed by atoms with E-state index < -0.39 is 95.4 Å². The molecule has 1 aromatic carbocycles. The van der Waals surface area contributed by atoms with Gasteiger partial charge in [0, 0.05) is 33.8 Å². The largest absolute Gasteiger partial charge is 0.465 e. The van der Waals surface area contributed by atoms with Crippen LogP contribution in [-0.4, -0.2) is 83.3 Å². The number of aliphatic hydroxyl groups excluding tert-OH is 1. The van der Waals surface area contributed by atoms with Gasteiger partial charge >= 0.3 is 29.8 Å². The predicted molar refractivity (Wildman–Crippen MR) is 152 cm³/mol. The molecule has 3 fully saturated rings. The van der Waals surface area contributed by atoms with Crippen LogP contribution in [0.2, 0.25) is 0 Å². The Morgan fingerprint density at radius 1 is 0.886 bits per heavy atom. The standard InChI is InChI=1S/C32H40O12/c1-17-15-23(40-19(3)34)28(43-24(37)14-13-22-11-9-8-10-12-22)31(16-39-18(2)33)29(42-21(5)36)26(41-20(4)35)25-27(38)32(17,31)44-30(25,6)7/h8-14,17,23,25-29,38H,15-16H2,1-7H3/b14-13-/t17-,23+,25-,26+,27-,28+,29-,31+,32-/m1/s1. The zero-order chi connectivity index (χ0) is 32.6. The molecule has 240 valence electrons. The first kappa shape index (κ1) is 33.1. The Morgan fingerprint density at radius 2 is 1.50 bits per heavy atom. The molecule has 1 heterocycles. The molecule has 4 rings (SSSR count). The number of esters is 5. The Balaban J connectivity index is 2.00. The number of aliphatic hydroxyl groups is 1. The first-order chi connectivity index (χ1) is 20.6. The summed E-state index contributed by atoms with van der Waals surface area (Å²) in [7, 11) is 0. The van der Waals surface area contributed by atoms with Crippen molar-refractivity contribution in [3.05, 3.63) is 42.0 Å². The minimum atomic E-state index is -1.93. The van der Waals surface area contributed by atoms with Crippen LogP contribution < -0.4 is 0 Å². The molecule has 2 bridgehead atoms. The monoisotopic (exact) mass is 616 g/mol. The maximum absolute atomic E-state index is 13.5. The SMILES string of the molecule is CC(=O)OC[C@]12[C@H](OC(C)=O)[C@@H](OC(C)=O)[C@@H]3[C@@H](O)[C@]1(OC3(C)C)[C@H](C)C[C@H](OC(C)=O)[C@@H]2OC(=O)/C=C\c1ccccc1. The molecule has 0 radical (unpaired) electrons. The summed E-state index contributed by atoms with van der Waals surface area (Å²) in [5.41, 5.74) is -4.10. The second kappa shape index (κ2) is 12.3. The molecule has 9 atom stereocenters. The summed E-state index contributed by atoms with van der Waals surface area (Å²) in [6.45, 7) is 9.21. The third-order valence-electron chi connectivity index (χ3n) is 8.95. The maximum atomic E-state index is 13.5. The van der Waals surface area contributed by atoms with Gasteiger partial charge in [-0.1, -0.05) is 37.3 Å². The number of carbonyl (C=O) groups excluding carboxylic acids is 5. The minimum absolute atomic E-state index is 0.0621. The van der Waals surface area contributed by atoms with E-state index in [-0.39, 0.29) is 6.42 Å². The minimum Gasteiger partial charge on any atom is -0.465 e. The van der Waals surface area contributed by atoms with Crippen LogP contribution in [-0.2, 0) is 52.4 Å². The molecular weight excluding hydrogens is 576 g/mol. The average molecular weight is 617 g/mol. The van der Waals surface area contributed by atoms with Gasteiger partial charge in [0.2, 0.25) is 0 Å². The summed E-state index contributed by atoms with van der Waals surface area (Å²) in [6.07, 6.45) is -4.12. The van der Waals surface area contributed by atoms with Gasteiger partial charge in [-0.3, -0.25) is 19.2 Å². The van der Waals surface area contributed by atoms with Crippen LogP contribution >= 0.6 is 0 Å². The van der Waals surface area contributed by atoms with Crippen molar-refractivity contribution in [3.8, 4) is 0 Å². The van der Waals surface area contributed by atoms with Gasteiger partial charge in [0.1, 0.15) is 29.8 Å². The molecule has 3 aliphatic rings. The van der Waals surface area contributed by atoms with Gasteiger partial charge in [0.05, 0.1) is 17.6 Å². The first-order valence-electron chi connectivity index (χ1n) is 14.5. The summed E-state index contributed by atoms with van der Waals surface area (Å²) < 4.78 is 35.9. The quantitative estimate of drug-likeness (QED) is 0.259. The second-order valence-corrected chi connectivity index (χ2v) is 12.3. The highest BCUT2D eigenvalue weighted by Gasteiger charge is 2.84. The highest BCUT2D eigenvalue weighted by Crippen LogP contribution is 2.67. The highest BCUT2D eigenvalue weighted by atomic mass is 16.6. The third kappa shape index (κ3) is 5.72. The van der Waals surface area contributed by atoms with Crippen LogP contribution in [0.3, 0.4) is 0 Å². The topological polar surface area (TPSA) is 161 Å². The lowest BCUT2D eigenvalue weighted by Crippen LogP contribution is -2.81. The van der Waals surface area contributed by atoms with E-state index >= 15 is 0 Å². The molecule has 44 heavy (non-hydrogen) atoms. The number of rotatable bonds is 8. The van der Waals surface area contributed by atoms with Crippen molar-refractivity contribution in [2.24, 2.45) is 17.3 Å². The molecule has 1 aromatic rings. The lowest BCUT2D eigenvalue weighted by molar-refractivity contribution is -0.330. The van der Waals surface area contributed by atoms with Gasteiger partial charge in [-0.25, -0.2) is 4.79 Å². The van der Waals surface area contributed by atoms with Gasteiger partial charge in [0.25, 0.3) is 0 Å². The molecule has 0 aromatic heterocycles. The average Bonchev–Trinajstić information content (AvgIpc) is 3.09. The Kier molecular flexibility index (Phi) is 9.27. The predicted octanol–water partition coefficient (Wildman–Crippen LogP) is 2.53. The highest BCUT2D eigenvalue weighted by molar-refractivity contribution is 5.87. The Labute approximate surface area is 255 Å². The van der Waals surface area contributed by atoms with E-state index in [1.165, 1.54) is 19.1 Å². The van der Waals surface area contributed by atoms with E-state index in [4.69, 9.17) is 28.4 Å². The van der Waals surface area contributed by atoms with E-state index in [9.17, 15) is 29.1 Å². The van der Waals surface area contributed by atoms with E-state index in [0.717, 1.165) is 20.8 Å². The van der Waals surface area contributed by atoms with Crippen molar-refractivity contribution in [2.75, 3.05) is 6.61 Å². The van der Waals surface area contributed by atoms with E-state index in [2.05, 4.69) is 0 Å². The molecule has 1 saturated heterocycles. The molecule has 0 amide bonds. The van der Waals surface area contributed by atoms with Crippen LogP contribution in [0.15, 0.2) is 36.4 Å². The van der Waals surface area contributed by atoms with E-state index in [1.54, 1.807) is 45.0 Å². The fraction of sp³-hybridized carbons (Fsp3) is 0.594. The normalized spacial score (nSPS) is 35.2. The summed E-state index contributed by atoms with van der Waals surface area (Å²) in [5, 5.41) is 12.2. The number of carbonyl (C=O) groups is 5. The lowest BCUT2D eigenvalue weighted by atomic mass is 9.47. The third-order valence-corrected chi connectivity index (χ3v) is 8.95. The van der Waals surface area contributed by atoms with Gasteiger partial charge < -0.3 is 33.5 Å². The smallest absolute Gasteiger partial charge is 0.331 e. The summed E-state index contributed by atoms with van der Waals surface area (Å²) in [6, 6.07) is 8.95. The van der Waals surface area contributed by atoms with Crippen molar-refractivity contribution in [3.63, 3.8) is 0 Å². The molecule has 1 N–H and O–H groups in total. The molecule has 12 heteroatoms. The number of benzene rings is 1. The van der Waals surface area contributed by atoms with Crippen molar-refractivity contribution < 1.29 is 57.5 Å². The number of hydrogen-bond acceptors (Lipinski definition) is 12. The van der Waals surface area contributed by atoms with Crippen molar-refractivity contribution in [1.29, 1.82) is 0 Å². The second-order valence-electron chi connectivity index (χ2n) is 12.3. The fourth-order valence-corrected chi connectivity index (χ4v) is 7.65. The van der Waals surface area contributed by atoms with Crippen LogP contribution in [0, 0.1) is 17.3 Å². The van der Waals surface area contributed by atoms with Gasteiger partial charge in [-0.2, -0.15) is 0 Å². The molecule has 0 unspecified atom stereocenters. The Morgan fingerprint density at radius 3 is 2.07 bits per heavy atom. The Bertz CT molecular complexity index is 1320. The van der Waals surface area contributed by atoms with Crippen molar-refractivity contribution in [2.45, 2.75) is 96.6 Å². The molecular formula is C32H40O12. The summed E-state index contributed by atoms with van der Waals surface area (Å²) in [4.78, 5) is 63.5. The number of hydrogen-bond donors (Lipinski definition) is 1. The zero-order valence-electron chi connectivity index (χ0n) is 25.9. The number of fused-ring (bicyclic) bond motifs is 1. The fourth-order valence-electron chi connectivity index (χ4n) is 7.65. The van der Waals surface area contributed by atoms with Crippen LogP contribution in [0.4, 0.5) is 0 Å². The maximum Gasteiger partial charge on any atom is 0.331 e. The van der Waals surface area contributed by atoms with Crippen molar-refractivity contribution >= 4 is 35.9 Å². The summed E-state index contributed by atoms with van der Waals surface area (Å²) >= 11 is 0. The first-order valence-corrected chi connectivity index (χ1v) is 14.5. The van der Waals surface area contributed by atoms with Gasteiger partial charge in [-0.05, 0) is 37.8 Å². The van der Waals surface area contributed by atoms with Crippen LogP contribution in [0.5, 0.6) is 0 Å². The summed E-state index contributed by atoms with van der Waals surface area (Å²) in [5.74, 6) is -5.36. The molecule has 2 aliphatic carbocycles. The number of ether oxygens (including phenoxy) is 6. The molecule has 1 spiro atoms. The molecule has 2 saturated carbocycles. The van der Waals surface area contributed by atoms with E-state index in [1.807, 2.05) is 6.07 Å². The molecule has 1 aliphatic heterocycles. The van der Waals surface area contributed by atoms with Crippen molar-refractivity contribution in [1.82, 2.24) is 0 Å².